The molecule has 21 heavy (non-hydrogen) atoms. The molecule has 0 amide bonds. The van der Waals surface area contributed by atoms with Gasteiger partial charge in [0, 0.05) is 19.3 Å². The molecular weight excluding hydrogens is 266 g/mol. The molecule has 6 heteroatoms. The average Bonchev–Trinajstić information content (AvgIpc) is 2.50. The van der Waals surface area contributed by atoms with E-state index in [2.05, 4.69) is 46.2 Å². The standard InChI is InChI=1S/C15H21N5O/c1-5-20(12-10-8-7-9-11(12)3)14-17-13(16-4)18-15(19-14)21-6-2/h7-10H,5-6H2,1-4H3,(H,16,17,18,19). The SMILES string of the molecule is CCOc1nc(NC)nc(N(CC)c2ccccc2C)n1. The molecule has 1 aromatic heterocycles. The normalized spacial score (nSPS) is 10.3. The van der Waals surface area contributed by atoms with Gasteiger partial charge in [0.25, 0.3) is 0 Å². The summed E-state index contributed by atoms with van der Waals surface area (Å²) in [6.45, 7) is 7.31. The monoisotopic (exact) mass is 287 g/mol. The Hall–Kier alpha value is -2.37. The lowest BCUT2D eigenvalue weighted by molar-refractivity contribution is 0.312. The molecule has 1 aromatic carbocycles. The number of para-hydroxylation sites is 1. The van der Waals surface area contributed by atoms with Crippen LogP contribution in [0.1, 0.15) is 19.4 Å². The number of aromatic nitrogens is 3. The van der Waals surface area contributed by atoms with Crippen molar-refractivity contribution in [2.75, 3.05) is 30.4 Å². The van der Waals surface area contributed by atoms with E-state index in [1.165, 1.54) is 5.56 Å². The topological polar surface area (TPSA) is 63.2 Å². The molecule has 1 N–H and O–H groups in total. The van der Waals surface area contributed by atoms with Crippen LogP contribution in [0.5, 0.6) is 6.01 Å². The Morgan fingerprint density at radius 3 is 2.52 bits per heavy atom. The summed E-state index contributed by atoms with van der Waals surface area (Å²) in [5.41, 5.74) is 2.25. The number of ether oxygens (including phenoxy) is 1. The smallest absolute Gasteiger partial charge is 0.323 e. The predicted octanol–water partition coefficient (Wildman–Crippen LogP) is 2.78. The number of benzene rings is 1. The summed E-state index contributed by atoms with van der Waals surface area (Å²) in [6, 6.07) is 8.49. The van der Waals surface area contributed by atoms with Crippen LogP contribution >= 0.6 is 0 Å². The molecule has 1 heterocycles. The van der Waals surface area contributed by atoms with Crippen molar-refractivity contribution in [3.05, 3.63) is 29.8 Å². The van der Waals surface area contributed by atoms with Crippen LogP contribution in [0.2, 0.25) is 0 Å². The maximum atomic E-state index is 5.42. The molecule has 0 spiro atoms. The Morgan fingerprint density at radius 1 is 1.14 bits per heavy atom. The van der Waals surface area contributed by atoms with E-state index in [0.29, 0.717) is 24.5 Å². The lowest BCUT2D eigenvalue weighted by Crippen LogP contribution is -2.21. The number of hydrogen-bond donors (Lipinski definition) is 1. The molecule has 0 aliphatic carbocycles. The first kappa shape index (κ1) is 15.0. The lowest BCUT2D eigenvalue weighted by atomic mass is 10.2. The van der Waals surface area contributed by atoms with Gasteiger partial charge >= 0.3 is 6.01 Å². The van der Waals surface area contributed by atoms with Crippen molar-refractivity contribution in [1.29, 1.82) is 0 Å². The minimum Gasteiger partial charge on any atom is -0.464 e. The number of hydrogen-bond acceptors (Lipinski definition) is 6. The summed E-state index contributed by atoms with van der Waals surface area (Å²) in [5, 5.41) is 2.94. The first-order valence-electron chi connectivity index (χ1n) is 7.09. The second-order valence-corrected chi connectivity index (χ2v) is 4.46. The highest BCUT2D eigenvalue weighted by Crippen LogP contribution is 2.26. The Kier molecular flexibility index (Phi) is 4.92. The Balaban J connectivity index is 2.46. The summed E-state index contributed by atoms with van der Waals surface area (Å²) in [6.07, 6.45) is 0. The van der Waals surface area contributed by atoms with Crippen LogP contribution in [-0.2, 0) is 0 Å². The minimum atomic E-state index is 0.332. The van der Waals surface area contributed by atoms with Crippen molar-refractivity contribution in [3.8, 4) is 6.01 Å². The third-order valence-electron chi connectivity index (χ3n) is 3.06. The van der Waals surface area contributed by atoms with Crippen LogP contribution in [0.25, 0.3) is 0 Å². The maximum absolute atomic E-state index is 5.42. The van der Waals surface area contributed by atoms with Crippen molar-refractivity contribution in [1.82, 2.24) is 15.0 Å². The van der Waals surface area contributed by atoms with Gasteiger partial charge in [-0.2, -0.15) is 15.0 Å². The van der Waals surface area contributed by atoms with Gasteiger partial charge in [-0.05, 0) is 32.4 Å². The molecule has 0 fully saturated rings. The largest absolute Gasteiger partial charge is 0.464 e. The van der Waals surface area contributed by atoms with Gasteiger partial charge in [-0.15, -0.1) is 0 Å². The van der Waals surface area contributed by atoms with Gasteiger partial charge < -0.3 is 15.0 Å². The number of nitrogens with one attached hydrogen (secondary N) is 1. The van der Waals surface area contributed by atoms with Crippen molar-refractivity contribution >= 4 is 17.6 Å². The van der Waals surface area contributed by atoms with E-state index >= 15 is 0 Å². The first-order chi connectivity index (χ1) is 10.2. The number of rotatable bonds is 6. The highest BCUT2D eigenvalue weighted by atomic mass is 16.5. The van der Waals surface area contributed by atoms with Gasteiger partial charge in [-0.25, -0.2) is 0 Å². The molecule has 0 radical (unpaired) electrons. The molecule has 112 valence electrons. The van der Waals surface area contributed by atoms with Gasteiger partial charge in [-0.1, -0.05) is 18.2 Å². The zero-order valence-electron chi connectivity index (χ0n) is 12.9. The summed E-state index contributed by atoms with van der Waals surface area (Å²) >= 11 is 0. The van der Waals surface area contributed by atoms with Gasteiger partial charge in [-0.3, -0.25) is 0 Å². The first-order valence-corrected chi connectivity index (χ1v) is 7.09. The third-order valence-corrected chi connectivity index (χ3v) is 3.06. The summed E-state index contributed by atoms with van der Waals surface area (Å²) in [7, 11) is 1.78. The van der Waals surface area contributed by atoms with Crippen LogP contribution in [-0.4, -0.2) is 35.2 Å². The average molecular weight is 287 g/mol. The highest BCUT2D eigenvalue weighted by Gasteiger charge is 2.15. The molecule has 0 aliphatic heterocycles. The van der Waals surface area contributed by atoms with E-state index in [1.807, 2.05) is 24.0 Å². The van der Waals surface area contributed by atoms with Gasteiger partial charge in [0.05, 0.1) is 6.61 Å². The van der Waals surface area contributed by atoms with E-state index in [0.717, 1.165) is 12.2 Å². The van der Waals surface area contributed by atoms with E-state index < -0.39 is 0 Å². The molecule has 2 rings (SSSR count). The molecule has 0 atom stereocenters. The fraction of sp³-hybridized carbons (Fsp3) is 0.400. The van der Waals surface area contributed by atoms with Crippen LogP contribution in [0, 0.1) is 6.92 Å². The van der Waals surface area contributed by atoms with Gasteiger partial charge in [0.1, 0.15) is 0 Å². The number of nitrogens with zero attached hydrogens (tertiary/aromatic N) is 4. The zero-order valence-corrected chi connectivity index (χ0v) is 12.9. The predicted molar refractivity (Wildman–Crippen MR) is 84.4 cm³/mol. The van der Waals surface area contributed by atoms with E-state index in [-0.39, 0.29) is 0 Å². The van der Waals surface area contributed by atoms with E-state index in [9.17, 15) is 0 Å². The Morgan fingerprint density at radius 2 is 1.90 bits per heavy atom. The fourth-order valence-electron chi connectivity index (χ4n) is 2.06. The quantitative estimate of drug-likeness (QED) is 0.881. The van der Waals surface area contributed by atoms with Crippen molar-refractivity contribution in [2.45, 2.75) is 20.8 Å². The Bertz CT molecular complexity index is 602. The van der Waals surface area contributed by atoms with Crippen molar-refractivity contribution in [3.63, 3.8) is 0 Å². The number of aryl methyl sites for hydroxylation is 1. The molecule has 0 bridgehead atoms. The van der Waals surface area contributed by atoms with Crippen molar-refractivity contribution < 1.29 is 4.74 Å². The second kappa shape index (κ2) is 6.88. The van der Waals surface area contributed by atoms with Crippen LogP contribution < -0.4 is 15.0 Å². The lowest BCUT2D eigenvalue weighted by Gasteiger charge is -2.23. The van der Waals surface area contributed by atoms with E-state index in [4.69, 9.17) is 4.74 Å². The highest BCUT2D eigenvalue weighted by molar-refractivity contribution is 5.62. The van der Waals surface area contributed by atoms with Crippen molar-refractivity contribution in [2.24, 2.45) is 0 Å². The number of anilines is 3. The van der Waals surface area contributed by atoms with Gasteiger partial charge in [0.15, 0.2) is 0 Å². The Labute approximate surface area is 125 Å². The molecule has 0 saturated heterocycles. The molecule has 0 aliphatic rings. The summed E-state index contributed by atoms with van der Waals surface area (Å²) in [5.74, 6) is 1.07. The molecule has 6 nitrogen and oxygen atoms in total. The third kappa shape index (κ3) is 3.39. The fourth-order valence-corrected chi connectivity index (χ4v) is 2.06. The molecule has 0 unspecified atom stereocenters. The maximum Gasteiger partial charge on any atom is 0.323 e. The second-order valence-electron chi connectivity index (χ2n) is 4.46. The van der Waals surface area contributed by atoms with Crippen LogP contribution in [0.3, 0.4) is 0 Å². The minimum absolute atomic E-state index is 0.332. The summed E-state index contributed by atoms with van der Waals surface area (Å²) < 4.78 is 5.42. The molecule has 2 aromatic rings. The van der Waals surface area contributed by atoms with Crippen LogP contribution in [0.15, 0.2) is 24.3 Å². The molecule has 0 saturated carbocycles. The van der Waals surface area contributed by atoms with Gasteiger partial charge in [0.2, 0.25) is 11.9 Å². The van der Waals surface area contributed by atoms with Crippen LogP contribution in [0.4, 0.5) is 17.6 Å². The summed E-state index contributed by atoms with van der Waals surface area (Å²) in [4.78, 5) is 15.1. The molecular formula is C15H21N5O. The zero-order chi connectivity index (χ0) is 15.2. The van der Waals surface area contributed by atoms with E-state index in [1.54, 1.807) is 7.05 Å².